The zero-order chi connectivity index (χ0) is 17.0. The Hall–Kier alpha value is -1.18. The van der Waals surface area contributed by atoms with E-state index in [4.69, 9.17) is 10.5 Å². The summed E-state index contributed by atoms with van der Waals surface area (Å²) in [5, 5.41) is 3.01. The van der Waals surface area contributed by atoms with Gasteiger partial charge in [-0.3, -0.25) is 19.3 Å². The minimum atomic E-state index is -0.769. The van der Waals surface area contributed by atoms with Gasteiger partial charge in [0, 0.05) is 6.04 Å². The number of nitrogens with zero attached hydrogens (tertiary/aromatic N) is 1. The van der Waals surface area contributed by atoms with Gasteiger partial charge in [-0.25, -0.2) is 0 Å². The van der Waals surface area contributed by atoms with Gasteiger partial charge in [0.15, 0.2) is 0 Å². The summed E-state index contributed by atoms with van der Waals surface area (Å²) < 4.78 is 5.72. The summed E-state index contributed by atoms with van der Waals surface area (Å²) in [6, 6.07) is -0.717. The molecule has 1 saturated carbocycles. The first kappa shape index (κ1) is 18.6. The van der Waals surface area contributed by atoms with Gasteiger partial charge < -0.3 is 15.8 Å². The maximum Gasteiger partial charge on any atom is 0.243 e. The second-order valence-electron chi connectivity index (χ2n) is 7.61. The molecular formula is C17H26ClN3O4. The molecule has 0 aromatic heterocycles. The maximum absolute atomic E-state index is 12.7. The van der Waals surface area contributed by atoms with Crippen molar-refractivity contribution in [3.63, 3.8) is 0 Å². The normalized spacial score (nSPS) is 40.2. The SMILES string of the molecule is CC(C(=O)NC1CCCC1CN)N1C(=O)C2C3CCC(O3)C2C1=O.Cl. The van der Waals surface area contributed by atoms with Gasteiger partial charge >= 0.3 is 0 Å². The molecule has 2 bridgehead atoms. The molecule has 3 aliphatic heterocycles. The van der Waals surface area contributed by atoms with Crippen LogP contribution in [0.15, 0.2) is 0 Å². The molecule has 4 fully saturated rings. The van der Waals surface area contributed by atoms with Gasteiger partial charge in [-0.05, 0) is 45.1 Å². The second kappa shape index (κ2) is 6.85. The standard InChI is InChI=1S/C17H25N3O4.ClH/c1-8(15(21)19-10-4-2-3-9(10)7-18)20-16(22)13-11-5-6-12(24-11)14(13)17(20)23;/h8-14H,2-7,18H2,1H3,(H,19,21);1H. The zero-order valence-corrected chi connectivity index (χ0v) is 15.2. The van der Waals surface area contributed by atoms with E-state index in [0.717, 1.165) is 32.1 Å². The van der Waals surface area contributed by atoms with E-state index in [1.807, 2.05) is 0 Å². The number of fused-ring (bicyclic) bond motifs is 5. The molecule has 8 heteroatoms. The first-order valence-electron chi connectivity index (χ1n) is 9.05. The van der Waals surface area contributed by atoms with Gasteiger partial charge in [-0.1, -0.05) is 6.42 Å². The number of carbonyl (C=O) groups is 3. The Morgan fingerprint density at radius 3 is 2.36 bits per heavy atom. The molecule has 3 N–H and O–H groups in total. The number of rotatable bonds is 4. The third-order valence-corrected chi connectivity index (χ3v) is 6.37. The van der Waals surface area contributed by atoms with E-state index in [-0.39, 0.29) is 66.1 Å². The lowest BCUT2D eigenvalue weighted by Crippen LogP contribution is -2.52. The van der Waals surface area contributed by atoms with Crippen LogP contribution in [0.5, 0.6) is 0 Å². The molecule has 3 heterocycles. The molecule has 0 aromatic carbocycles. The first-order chi connectivity index (χ1) is 11.5. The smallest absolute Gasteiger partial charge is 0.243 e. The monoisotopic (exact) mass is 371 g/mol. The number of imide groups is 1. The number of amides is 3. The van der Waals surface area contributed by atoms with Gasteiger partial charge in [0.2, 0.25) is 17.7 Å². The number of hydrogen-bond donors (Lipinski definition) is 2. The lowest BCUT2D eigenvalue weighted by Gasteiger charge is -2.27. The highest BCUT2D eigenvalue weighted by atomic mass is 35.5. The van der Waals surface area contributed by atoms with Crippen molar-refractivity contribution in [2.75, 3.05) is 6.54 Å². The molecule has 0 spiro atoms. The van der Waals surface area contributed by atoms with Crippen molar-refractivity contribution < 1.29 is 19.1 Å². The van der Waals surface area contributed by atoms with Crippen LogP contribution >= 0.6 is 12.4 Å². The Morgan fingerprint density at radius 2 is 1.80 bits per heavy atom. The highest BCUT2D eigenvalue weighted by molar-refractivity contribution is 6.09. The van der Waals surface area contributed by atoms with E-state index < -0.39 is 6.04 Å². The molecule has 4 rings (SSSR count). The molecule has 7 unspecified atom stereocenters. The molecule has 0 radical (unpaired) electrons. The van der Waals surface area contributed by atoms with Crippen molar-refractivity contribution in [1.82, 2.24) is 10.2 Å². The fourth-order valence-electron chi connectivity index (χ4n) is 5.05. The predicted molar refractivity (Wildman–Crippen MR) is 91.8 cm³/mol. The number of carbonyl (C=O) groups excluding carboxylic acids is 3. The van der Waals surface area contributed by atoms with E-state index in [0.29, 0.717) is 6.54 Å². The van der Waals surface area contributed by atoms with Crippen molar-refractivity contribution in [2.45, 2.75) is 63.3 Å². The molecule has 0 aromatic rings. The van der Waals surface area contributed by atoms with Gasteiger partial charge in [0.05, 0.1) is 24.0 Å². The van der Waals surface area contributed by atoms with Crippen molar-refractivity contribution in [3.8, 4) is 0 Å². The summed E-state index contributed by atoms with van der Waals surface area (Å²) in [7, 11) is 0. The fourth-order valence-corrected chi connectivity index (χ4v) is 5.05. The van der Waals surface area contributed by atoms with Crippen LogP contribution in [0.25, 0.3) is 0 Å². The molecule has 4 aliphatic rings. The average molecular weight is 372 g/mol. The molecule has 7 nitrogen and oxygen atoms in total. The molecule has 7 atom stereocenters. The summed E-state index contributed by atoms with van der Waals surface area (Å²) in [5.74, 6) is -1.20. The molecule has 1 aliphatic carbocycles. The summed E-state index contributed by atoms with van der Waals surface area (Å²) >= 11 is 0. The van der Waals surface area contributed by atoms with Gasteiger partial charge in [-0.15, -0.1) is 12.4 Å². The molecule has 3 amide bonds. The number of nitrogens with one attached hydrogen (secondary N) is 1. The largest absolute Gasteiger partial charge is 0.373 e. The van der Waals surface area contributed by atoms with Gasteiger partial charge in [-0.2, -0.15) is 0 Å². The van der Waals surface area contributed by atoms with Crippen molar-refractivity contribution >= 4 is 30.1 Å². The summed E-state index contributed by atoms with van der Waals surface area (Å²) in [4.78, 5) is 39.2. The summed E-state index contributed by atoms with van der Waals surface area (Å²) in [6.45, 7) is 2.19. The molecule has 3 saturated heterocycles. The molecular weight excluding hydrogens is 346 g/mol. The van der Waals surface area contributed by atoms with Crippen LogP contribution in [0.1, 0.15) is 39.0 Å². The fraction of sp³-hybridized carbons (Fsp3) is 0.824. The van der Waals surface area contributed by atoms with Gasteiger partial charge in [0.1, 0.15) is 6.04 Å². The zero-order valence-electron chi connectivity index (χ0n) is 14.3. The van der Waals surface area contributed by atoms with Crippen LogP contribution in [-0.2, 0) is 19.1 Å². The third-order valence-electron chi connectivity index (χ3n) is 6.37. The van der Waals surface area contributed by atoms with E-state index in [1.54, 1.807) is 6.92 Å². The number of halogens is 1. The minimum Gasteiger partial charge on any atom is -0.373 e. The topological polar surface area (TPSA) is 102 Å². The van der Waals surface area contributed by atoms with Crippen LogP contribution < -0.4 is 11.1 Å². The number of likely N-dealkylation sites (tertiary alicyclic amines) is 1. The Bertz CT molecular complexity index is 558. The summed E-state index contributed by atoms with van der Waals surface area (Å²) in [5.41, 5.74) is 5.76. The van der Waals surface area contributed by atoms with Crippen molar-refractivity contribution in [1.29, 1.82) is 0 Å². The quantitative estimate of drug-likeness (QED) is 0.687. The summed E-state index contributed by atoms with van der Waals surface area (Å²) in [6.07, 6.45) is 4.35. The lowest BCUT2D eigenvalue weighted by atomic mass is 9.81. The predicted octanol–water partition coefficient (Wildman–Crippen LogP) is 0.203. The minimum absolute atomic E-state index is 0. The Labute approximate surface area is 153 Å². The van der Waals surface area contributed by atoms with E-state index in [1.165, 1.54) is 4.90 Å². The second-order valence-corrected chi connectivity index (χ2v) is 7.61. The lowest BCUT2D eigenvalue weighted by molar-refractivity contribution is -0.149. The number of nitrogens with two attached hydrogens (primary N) is 1. The van der Waals surface area contributed by atoms with Crippen LogP contribution in [0.4, 0.5) is 0 Å². The van der Waals surface area contributed by atoms with Crippen molar-refractivity contribution in [3.05, 3.63) is 0 Å². The van der Waals surface area contributed by atoms with Gasteiger partial charge in [0.25, 0.3) is 0 Å². The Morgan fingerprint density at radius 1 is 1.20 bits per heavy atom. The third kappa shape index (κ3) is 2.76. The van der Waals surface area contributed by atoms with E-state index in [9.17, 15) is 14.4 Å². The highest BCUT2D eigenvalue weighted by Gasteiger charge is 2.63. The van der Waals surface area contributed by atoms with E-state index >= 15 is 0 Å². The van der Waals surface area contributed by atoms with Crippen LogP contribution in [0.3, 0.4) is 0 Å². The highest BCUT2D eigenvalue weighted by Crippen LogP contribution is 2.48. The number of hydrogen-bond acceptors (Lipinski definition) is 5. The molecule has 25 heavy (non-hydrogen) atoms. The van der Waals surface area contributed by atoms with Crippen LogP contribution in [0, 0.1) is 17.8 Å². The maximum atomic E-state index is 12.7. The van der Waals surface area contributed by atoms with Crippen LogP contribution in [-0.4, -0.2) is 53.5 Å². The first-order valence-corrected chi connectivity index (χ1v) is 9.05. The Kier molecular flexibility index (Phi) is 5.10. The van der Waals surface area contributed by atoms with E-state index in [2.05, 4.69) is 5.32 Å². The average Bonchev–Trinajstić information content (AvgIpc) is 3.31. The van der Waals surface area contributed by atoms with Crippen LogP contribution in [0.2, 0.25) is 0 Å². The van der Waals surface area contributed by atoms with Crippen molar-refractivity contribution in [2.24, 2.45) is 23.5 Å². The Balaban J connectivity index is 0.00000182. The molecule has 140 valence electrons. The number of ether oxygens (including phenoxy) is 1.